The van der Waals surface area contributed by atoms with Gasteiger partial charge in [0.25, 0.3) is 0 Å². The highest BCUT2D eigenvalue weighted by Crippen LogP contribution is 2.21. The molecule has 0 aliphatic carbocycles. The Morgan fingerprint density at radius 1 is 1.12 bits per heavy atom. The summed E-state index contributed by atoms with van der Waals surface area (Å²) in [5.74, 6) is 1.09. The summed E-state index contributed by atoms with van der Waals surface area (Å²) in [6, 6.07) is 10.8. The molecular formula is C12H12ClN3O. The lowest BCUT2D eigenvalue weighted by molar-refractivity contribution is 0.455. The van der Waals surface area contributed by atoms with Gasteiger partial charge in [-0.1, -0.05) is 23.7 Å². The third kappa shape index (κ3) is 3.15. The van der Waals surface area contributed by atoms with Crippen LogP contribution in [0.4, 0.5) is 0 Å². The Hall–Kier alpha value is -1.65. The highest BCUT2D eigenvalue weighted by atomic mass is 35.5. The van der Waals surface area contributed by atoms with E-state index in [0.717, 1.165) is 5.56 Å². The number of aromatic nitrogens is 2. The summed E-state index contributed by atoms with van der Waals surface area (Å²) in [5, 5.41) is 7.83. The lowest BCUT2D eigenvalue weighted by Gasteiger charge is -2.07. The zero-order chi connectivity index (χ0) is 12.3. The Bertz CT molecular complexity index is 482. The van der Waals surface area contributed by atoms with Crippen molar-refractivity contribution in [3.05, 3.63) is 47.1 Å². The second kappa shape index (κ2) is 5.12. The minimum absolute atomic E-state index is 0.0133. The molecule has 0 fully saturated rings. The standard InChI is InChI=1S/C12H12ClN3O/c1-8(14)9-2-4-10(5-3-9)17-12-7-6-11(13)15-16-12/h2-8H,14H2,1H3/t8-/m0/s1. The van der Waals surface area contributed by atoms with Crippen molar-refractivity contribution in [1.82, 2.24) is 10.2 Å². The molecule has 5 heteroatoms. The average Bonchev–Trinajstić information content (AvgIpc) is 2.33. The predicted octanol–water partition coefficient (Wildman–Crippen LogP) is 2.94. The van der Waals surface area contributed by atoms with Crippen LogP contribution in [0.3, 0.4) is 0 Å². The Balaban J connectivity index is 2.11. The smallest absolute Gasteiger partial charge is 0.238 e. The van der Waals surface area contributed by atoms with Gasteiger partial charge >= 0.3 is 0 Å². The molecule has 1 aromatic carbocycles. The molecule has 1 aromatic heterocycles. The van der Waals surface area contributed by atoms with Gasteiger partial charge in [-0.2, -0.15) is 0 Å². The zero-order valence-corrected chi connectivity index (χ0v) is 10.1. The monoisotopic (exact) mass is 249 g/mol. The fourth-order valence-electron chi connectivity index (χ4n) is 1.32. The lowest BCUT2D eigenvalue weighted by Crippen LogP contribution is -2.04. The molecule has 2 aromatic rings. The van der Waals surface area contributed by atoms with Crippen LogP contribution < -0.4 is 10.5 Å². The van der Waals surface area contributed by atoms with Crippen LogP contribution in [0.25, 0.3) is 0 Å². The van der Waals surface area contributed by atoms with Crippen LogP contribution in [-0.4, -0.2) is 10.2 Å². The summed E-state index contributed by atoms with van der Waals surface area (Å²) in [7, 11) is 0. The SMILES string of the molecule is C[C@H](N)c1ccc(Oc2ccc(Cl)nn2)cc1. The van der Waals surface area contributed by atoms with Gasteiger partial charge in [-0.05, 0) is 30.7 Å². The number of hydrogen-bond donors (Lipinski definition) is 1. The van der Waals surface area contributed by atoms with Gasteiger partial charge in [-0.25, -0.2) is 0 Å². The molecule has 1 atom stereocenters. The minimum Gasteiger partial charge on any atom is -0.438 e. The molecule has 2 rings (SSSR count). The summed E-state index contributed by atoms with van der Waals surface area (Å²) in [6.07, 6.45) is 0. The van der Waals surface area contributed by atoms with Crippen molar-refractivity contribution in [2.75, 3.05) is 0 Å². The van der Waals surface area contributed by atoms with Crippen LogP contribution in [0.15, 0.2) is 36.4 Å². The molecule has 0 spiro atoms. The molecule has 0 unspecified atom stereocenters. The largest absolute Gasteiger partial charge is 0.438 e. The lowest BCUT2D eigenvalue weighted by atomic mass is 10.1. The molecule has 4 nitrogen and oxygen atoms in total. The topological polar surface area (TPSA) is 61.0 Å². The number of nitrogens with zero attached hydrogens (tertiary/aromatic N) is 2. The third-order valence-electron chi connectivity index (χ3n) is 2.24. The van der Waals surface area contributed by atoms with Gasteiger partial charge in [0.15, 0.2) is 5.15 Å². The van der Waals surface area contributed by atoms with Gasteiger partial charge in [0.2, 0.25) is 5.88 Å². The third-order valence-corrected chi connectivity index (χ3v) is 2.44. The normalized spacial score (nSPS) is 12.2. The van der Waals surface area contributed by atoms with Crippen LogP contribution in [0.1, 0.15) is 18.5 Å². The minimum atomic E-state index is 0.0133. The van der Waals surface area contributed by atoms with Crippen molar-refractivity contribution >= 4 is 11.6 Å². The Labute approximate surface area is 104 Å². The van der Waals surface area contributed by atoms with E-state index in [0.29, 0.717) is 16.8 Å². The molecule has 0 aliphatic heterocycles. The van der Waals surface area contributed by atoms with Crippen LogP contribution in [0.2, 0.25) is 5.15 Å². The van der Waals surface area contributed by atoms with Crippen molar-refractivity contribution in [2.45, 2.75) is 13.0 Å². The molecule has 17 heavy (non-hydrogen) atoms. The number of rotatable bonds is 3. The van der Waals surface area contributed by atoms with Crippen LogP contribution in [0, 0.1) is 0 Å². The molecule has 0 saturated carbocycles. The Kier molecular flexibility index (Phi) is 3.56. The Morgan fingerprint density at radius 3 is 2.35 bits per heavy atom. The number of benzene rings is 1. The van der Waals surface area contributed by atoms with E-state index in [4.69, 9.17) is 22.1 Å². The maximum Gasteiger partial charge on any atom is 0.238 e. The first-order chi connectivity index (χ1) is 8.15. The fraction of sp³-hybridized carbons (Fsp3) is 0.167. The highest BCUT2D eigenvalue weighted by Gasteiger charge is 2.02. The number of hydrogen-bond acceptors (Lipinski definition) is 4. The first kappa shape index (κ1) is 11.8. The van der Waals surface area contributed by atoms with Gasteiger partial charge in [-0.3, -0.25) is 0 Å². The summed E-state index contributed by atoms with van der Waals surface area (Å²) in [5.41, 5.74) is 6.81. The predicted molar refractivity (Wildman–Crippen MR) is 66.2 cm³/mol. The van der Waals surface area contributed by atoms with Crippen molar-refractivity contribution in [3.63, 3.8) is 0 Å². The van der Waals surface area contributed by atoms with Crippen LogP contribution >= 0.6 is 11.6 Å². The van der Waals surface area contributed by atoms with E-state index in [2.05, 4.69) is 10.2 Å². The quantitative estimate of drug-likeness (QED) is 0.909. The van der Waals surface area contributed by atoms with E-state index in [9.17, 15) is 0 Å². The van der Waals surface area contributed by atoms with Crippen molar-refractivity contribution in [1.29, 1.82) is 0 Å². The second-order valence-corrected chi connectivity index (χ2v) is 4.04. The zero-order valence-electron chi connectivity index (χ0n) is 9.30. The van der Waals surface area contributed by atoms with Crippen molar-refractivity contribution < 1.29 is 4.74 Å². The molecule has 0 aliphatic rings. The molecule has 88 valence electrons. The summed E-state index contributed by atoms with van der Waals surface area (Å²) in [6.45, 7) is 1.93. The first-order valence-electron chi connectivity index (χ1n) is 5.18. The van der Waals surface area contributed by atoms with E-state index in [-0.39, 0.29) is 6.04 Å². The van der Waals surface area contributed by atoms with Crippen LogP contribution in [-0.2, 0) is 0 Å². The molecule has 1 heterocycles. The van der Waals surface area contributed by atoms with E-state index >= 15 is 0 Å². The van der Waals surface area contributed by atoms with Crippen molar-refractivity contribution in [3.8, 4) is 11.6 Å². The number of ether oxygens (including phenoxy) is 1. The molecule has 0 saturated heterocycles. The maximum absolute atomic E-state index is 5.76. The fourth-order valence-corrected chi connectivity index (χ4v) is 1.42. The van der Waals surface area contributed by atoms with Crippen LogP contribution in [0.5, 0.6) is 11.6 Å². The van der Waals surface area contributed by atoms with Crippen molar-refractivity contribution in [2.24, 2.45) is 5.73 Å². The summed E-state index contributed by atoms with van der Waals surface area (Å²) in [4.78, 5) is 0. The molecule has 0 bridgehead atoms. The Morgan fingerprint density at radius 2 is 1.82 bits per heavy atom. The van der Waals surface area contributed by atoms with Gasteiger partial charge in [0, 0.05) is 12.1 Å². The van der Waals surface area contributed by atoms with E-state index in [1.807, 2.05) is 31.2 Å². The maximum atomic E-state index is 5.76. The van der Waals surface area contributed by atoms with E-state index in [1.165, 1.54) is 0 Å². The summed E-state index contributed by atoms with van der Waals surface area (Å²) >= 11 is 5.63. The highest BCUT2D eigenvalue weighted by molar-refractivity contribution is 6.29. The molecule has 0 radical (unpaired) electrons. The second-order valence-electron chi connectivity index (χ2n) is 3.65. The van der Waals surface area contributed by atoms with Gasteiger partial charge in [-0.15, -0.1) is 10.2 Å². The van der Waals surface area contributed by atoms with E-state index in [1.54, 1.807) is 12.1 Å². The van der Waals surface area contributed by atoms with Gasteiger partial charge in [0.05, 0.1) is 0 Å². The van der Waals surface area contributed by atoms with E-state index < -0.39 is 0 Å². The molecule has 2 N–H and O–H groups in total. The van der Waals surface area contributed by atoms with Gasteiger partial charge < -0.3 is 10.5 Å². The number of nitrogens with two attached hydrogens (primary N) is 1. The summed E-state index contributed by atoms with van der Waals surface area (Å²) < 4.78 is 5.50. The van der Waals surface area contributed by atoms with Gasteiger partial charge in [0.1, 0.15) is 5.75 Å². The molecule has 0 amide bonds. The average molecular weight is 250 g/mol. The first-order valence-corrected chi connectivity index (χ1v) is 5.55. The number of halogens is 1. The molecular weight excluding hydrogens is 238 g/mol.